The van der Waals surface area contributed by atoms with Gasteiger partial charge in [-0.1, -0.05) is 0 Å². The molecule has 0 bridgehead atoms. The number of rotatable bonds is 0. The van der Waals surface area contributed by atoms with Gasteiger partial charge in [0.05, 0.1) is 6.20 Å². The molecule has 3 nitrogen and oxygen atoms in total. The molecule has 0 atom stereocenters. The van der Waals surface area contributed by atoms with E-state index in [2.05, 4.69) is 9.97 Å². The second-order valence-corrected chi connectivity index (χ2v) is 2.82. The average molecular weight is 265 g/mol. The van der Waals surface area contributed by atoms with Crippen LogP contribution in [-0.4, -0.2) is 9.97 Å². The van der Waals surface area contributed by atoms with Crippen molar-refractivity contribution in [3.63, 3.8) is 0 Å². The van der Waals surface area contributed by atoms with E-state index in [9.17, 15) is 0 Å². The topological polar surface area (TPSA) is 49.6 Å². The molecular weight excluding hydrogens is 264 g/mol. The zero-order valence-corrected chi connectivity index (χ0v) is 7.59. The molecule has 0 aliphatic carbocycles. The van der Waals surface area contributed by atoms with Gasteiger partial charge < -0.3 is 0 Å². The zero-order valence-electron chi connectivity index (χ0n) is 4.67. The molecule has 0 N–H and O–H groups in total. The summed E-state index contributed by atoms with van der Waals surface area (Å²) in [5.74, 6) is 0. The van der Waals surface area contributed by atoms with E-state index in [1.165, 1.54) is 6.20 Å². The SMILES string of the molecule is N#Cc1cnc(Cl)nc1I. The molecular formula is C5HClIN3. The van der Waals surface area contributed by atoms with Crippen LogP contribution < -0.4 is 0 Å². The van der Waals surface area contributed by atoms with E-state index in [0.29, 0.717) is 9.26 Å². The molecule has 1 rings (SSSR count). The van der Waals surface area contributed by atoms with Crippen LogP contribution in [0.4, 0.5) is 0 Å². The van der Waals surface area contributed by atoms with Crippen LogP contribution in [0.15, 0.2) is 6.20 Å². The van der Waals surface area contributed by atoms with Crippen LogP contribution >= 0.6 is 34.2 Å². The third-order valence-corrected chi connectivity index (χ3v) is 1.84. The number of halogens is 2. The van der Waals surface area contributed by atoms with E-state index in [0.717, 1.165) is 0 Å². The van der Waals surface area contributed by atoms with Gasteiger partial charge in [-0.05, 0) is 34.2 Å². The Hall–Kier alpha value is -0.410. The lowest BCUT2D eigenvalue weighted by atomic mass is 10.4. The normalized spacial score (nSPS) is 8.90. The predicted octanol–water partition coefficient (Wildman–Crippen LogP) is 1.61. The second kappa shape index (κ2) is 3.12. The van der Waals surface area contributed by atoms with Crippen molar-refractivity contribution in [1.29, 1.82) is 5.26 Å². The van der Waals surface area contributed by atoms with Crippen LogP contribution in [0.3, 0.4) is 0 Å². The first kappa shape index (κ1) is 7.69. The van der Waals surface area contributed by atoms with Gasteiger partial charge in [0.15, 0.2) is 0 Å². The van der Waals surface area contributed by atoms with Crippen molar-refractivity contribution in [2.24, 2.45) is 0 Å². The molecule has 10 heavy (non-hydrogen) atoms. The summed E-state index contributed by atoms with van der Waals surface area (Å²) >= 11 is 7.37. The lowest BCUT2D eigenvalue weighted by molar-refractivity contribution is 1.12. The van der Waals surface area contributed by atoms with Gasteiger partial charge in [-0.2, -0.15) is 5.26 Å². The van der Waals surface area contributed by atoms with Crippen molar-refractivity contribution >= 4 is 34.2 Å². The maximum absolute atomic E-state index is 8.43. The summed E-state index contributed by atoms with van der Waals surface area (Å²) < 4.78 is 0.583. The largest absolute Gasteiger partial charge is 0.225 e. The highest BCUT2D eigenvalue weighted by Crippen LogP contribution is 2.08. The van der Waals surface area contributed by atoms with Crippen LogP contribution in [0.1, 0.15) is 5.56 Å². The fraction of sp³-hybridized carbons (Fsp3) is 0. The number of nitriles is 1. The van der Waals surface area contributed by atoms with E-state index >= 15 is 0 Å². The minimum Gasteiger partial charge on any atom is -0.225 e. The standard InChI is InChI=1S/C5HClIN3/c6-5-9-2-3(1-8)4(7)10-5/h2H. The van der Waals surface area contributed by atoms with Crippen LogP contribution in [0, 0.1) is 15.0 Å². The Bertz CT molecular complexity index is 293. The summed E-state index contributed by atoms with van der Waals surface area (Å²) in [7, 11) is 0. The highest BCUT2D eigenvalue weighted by atomic mass is 127. The summed E-state index contributed by atoms with van der Waals surface area (Å²) in [6.07, 6.45) is 1.40. The van der Waals surface area contributed by atoms with Gasteiger partial charge >= 0.3 is 0 Å². The summed E-state index contributed by atoms with van der Waals surface area (Å²) in [5.41, 5.74) is 0.449. The first-order valence-electron chi connectivity index (χ1n) is 2.32. The molecule has 0 fully saturated rings. The molecule has 0 spiro atoms. The Balaban J connectivity index is 3.23. The van der Waals surface area contributed by atoms with Gasteiger partial charge in [0.1, 0.15) is 15.3 Å². The average Bonchev–Trinajstić information content (AvgIpc) is 1.88. The molecule has 0 radical (unpaired) electrons. The lowest BCUT2D eigenvalue weighted by Gasteiger charge is -1.91. The minimum atomic E-state index is 0.170. The Morgan fingerprint density at radius 2 is 2.40 bits per heavy atom. The minimum absolute atomic E-state index is 0.170. The first-order valence-corrected chi connectivity index (χ1v) is 3.78. The van der Waals surface area contributed by atoms with Crippen LogP contribution in [0.25, 0.3) is 0 Å². The Morgan fingerprint density at radius 3 is 2.90 bits per heavy atom. The molecule has 0 saturated heterocycles. The summed E-state index contributed by atoms with van der Waals surface area (Å²) in [4.78, 5) is 7.40. The molecule has 0 aliphatic rings. The summed E-state index contributed by atoms with van der Waals surface area (Å²) in [6.45, 7) is 0. The Morgan fingerprint density at radius 1 is 1.70 bits per heavy atom. The Labute approximate surface area is 76.2 Å². The highest BCUT2D eigenvalue weighted by molar-refractivity contribution is 14.1. The van der Waals surface area contributed by atoms with Crippen LogP contribution in [-0.2, 0) is 0 Å². The zero-order chi connectivity index (χ0) is 7.56. The van der Waals surface area contributed by atoms with Gasteiger partial charge in [0.2, 0.25) is 5.28 Å². The molecule has 0 unspecified atom stereocenters. The fourth-order valence-electron chi connectivity index (χ4n) is 0.416. The maximum atomic E-state index is 8.43. The quantitative estimate of drug-likeness (QED) is 0.407. The van der Waals surface area contributed by atoms with Crippen molar-refractivity contribution in [1.82, 2.24) is 9.97 Å². The van der Waals surface area contributed by atoms with E-state index in [4.69, 9.17) is 16.9 Å². The van der Waals surface area contributed by atoms with Gasteiger partial charge in [-0.25, -0.2) is 9.97 Å². The first-order chi connectivity index (χ1) is 4.74. The Kier molecular flexibility index (Phi) is 2.40. The smallest absolute Gasteiger partial charge is 0.223 e. The lowest BCUT2D eigenvalue weighted by Crippen LogP contribution is -1.89. The summed E-state index contributed by atoms with van der Waals surface area (Å²) in [6, 6.07) is 1.93. The number of hydrogen-bond acceptors (Lipinski definition) is 3. The van der Waals surface area contributed by atoms with Gasteiger partial charge in [-0.15, -0.1) is 0 Å². The van der Waals surface area contributed by atoms with Crippen LogP contribution in [0.5, 0.6) is 0 Å². The molecule has 0 aromatic carbocycles. The number of aromatic nitrogens is 2. The molecule has 0 amide bonds. The molecule has 5 heteroatoms. The van der Waals surface area contributed by atoms with Crippen molar-refractivity contribution in [3.05, 3.63) is 20.7 Å². The molecule has 50 valence electrons. The van der Waals surface area contributed by atoms with E-state index in [1.807, 2.05) is 28.7 Å². The summed E-state index contributed by atoms with van der Waals surface area (Å²) in [5, 5.41) is 8.60. The number of nitrogens with zero attached hydrogens (tertiary/aromatic N) is 3. The second-order valence-electron chi connectivity index (χ2n) is 1.46. The van der Waals surface area contributed by atoms with Crippen molar-refractivity contribution in [2.75, 3.05) is 0 Å². The van der Waals surface area contributed by atoms with Crippen molar-refractivity contribution in [2.45, 2.75) is 0 Å². The molecule has 1 aromatic heterocycles. The molecule has 0 aliphatic heterocycles. The van der Waals surface area contributed by atoms with E-state index < -0.39 is 0 Å². The number of hydrogen-bond donors (Lipinski definition) is 0. The van der Waals surface area contributed by atoms with Crippen LogP contribution in [0.2, 0.25) is 5.28 Å². The molecule has 1 heterocycles. The maximum Gasteiger partial charge on any atom is 0.223 e. The monoisotopic (exact) mass is 265 g/mol. The van der Waals surface area contributed by atoms with E-state index in [1.54, 1.807) is 0 Å². The highest BCUT2D eigenvalue weighted by Gasteiger charge is 1.99. The van der Waals surface area contributed by atoms with Crippen molar-refractivity contribution in [3.8, 4) is 6.07 Å². The van der Waals surface area contributed by atoms with E-state index in [-0.39, 0.29) is 5.28 Å². The predicted molar refractivity (Wildman–Crippen MR) is 44.5 cm³/mol. The third kappa shape index (κ3) is 1.55. The third-order valence-electron chi connectivity index (χ3n) is 0.833. The fourth-order valence-corrected chi connectivity index (χ4v) is 1.18. The van der Waals surface area contributed by atoms with Gasteiger partial charge in [0, 0.05) is 0 Å². The van der Waals surface area contributed by atoms with Gasteiger partial charge in [-0.3, -0.25) is 0 Å². The van der Waals surface area contributed by atoms with Gasteiger partial charge in [0.25, 0.3) is 0 Å². The molecule has 0 saturated carbocycles. The molecule has 1 aromatic rings. The van der Waals surface area contributed by atoms with Crippen molar-refractivity contribution < 1.29 is 0 Å².